The topological polar surface area (TPSA) is 315 Å². The predicted octanol–water partition coefficient (Wildman–Crippen LogP) is -1.30. The number of nitrogens with one attached hydrogen (secondary N) is 2. The van der Waals surface area contributed by atoms with Gasteiger partial charge in [0.25, 0.3) is 11.8 Å². The number of halogens is 1. The van der Waals surface area contributed by atoms with E-state index in [0.717, 1.165) is 38.3 Å². The lowest BCUT2D eigenvalue weighted by Crippen LogP contribution is -2.68. The molecule has 4 atom stereocenters. The van der Waals surface area contributed by atoms with Crippen LogP contribution in [0.1, 0.15) is 22.5 Å². The Labute approximate surface area is 285 Å². The van der Waals surface area contributed by atoms with Crippen molar-refractivity contribution in [2.24, 2.45) is 5.16 Å². The number of phenolic OH excluding ortho intramolecular Hbond substituents is 2. The first kappa shape index (κ1) is 34.8. The molecule has 5 amide bonds. The normalized spacial score (nSPS) is 22.3. The van der Waals surface area contributed by atoms with E-state index in [4.69, 9.17) is 27.3 Å². The summed E-state index contributed by atoms with van der Waals surface area (Å²) in [4.78, 5) is 96.4. The SMILES string of the molecule is Nc1nc(/C(=N/O[C@@H](CC(=O)O)C(=O)O)C(=O)N[C@@H]2C(=O)N3C[C@@](C(=O)O)(N4CCN(NC(=O)c5ccc(O)c(O)c5Cl)C4=O)S[C@H]23)cs1. The Hall–Kier alpha value is -5.55. The number of thiazole rings is 1. The molecule has 3 aliphatic rings. The minimum absolute atomic E-state index is 0.0240. The van der Waals surface area contributed by atoms with Crippen LogP contribution in [0.3, 0.4) is 0 Å². The summed E-state index contributed by atoms with van der Waals surface area (Å²) < 4.78 is 0. The Kier molecular flexibility index (Phi) is 9.34. The average molecular weight is 743 g/mol. The number of nitrogens with zero attached hydrogens (tertiary/aromatic N) is 5. The summed E-state index contributed by atoms with van der Waals surface area (Å²) in [7, 11) is 0. The van der Waals surface area contributed by atoms with Gasteiger partial charge in [0.1, 0.15) is 17.1 Å². The Morgan fingerprint density at radius 1 is 1.16 bits per heavy atom. The molecule has 3 fully saturated rings. The molecule has 4 heterocycles. The minimum Gasteiger partial charge on any atom is -0.504 e. The molecule has 3 aliphatic heterocycles. The fourth-order valence-corrected chi connectivity index (χ4v) is 7.38. The summed E-state index contributed by atoms with van der Waals surface area (Å²) in [6, 6.07) is -0.236. The number of aromatic hydroxyl groups is 2. The fourth-order valence-electron chi connectivity index (χ4n) is 4.95. The Bertz CT molecular complexity index is 1820. The second-order valence-electron chi connectivity index (χ2n) is 10.4. The van der Waals surface area contributed by atoms with Crippen LogP contribution in [0, 0.1) is 0 Å². The highest BCUT2D eigenvalue weighted by Crippen LogP contribution is 2.49. The molecule has 24 heteroatoms. The van der Waals surface area contributed by atoms with Gasteiger partial charge in [-0.1, -0.05) is 28.5 Å². The third-order valence-electron chi connectivity index (χ3n) is 7.37. The number of carboxylic acid groups (broad SMARTS) is 3. The molecule has 0 unspecified atom stereocenters. The molecule has 5 rings (SSSR count). The van der Waals surface area contributed by atoms with Crippen molar-refractivity contribution in [2.45, 2.75) is 28.8 Å². The predicted molar refractivity (Wildman–Crippen MR) is 164 cm³/mol. The maximum absolute atomic E-state index is 13.4. The van der Waals surface area contributed by atoms with Crippen molar-refractivity contribution >= 4 is 87.2 Å². The van der Waals surface area contributed by atoms with Crippen LogP contribution < -0.4 is 16.5 Å². The van der Waals surface area contributed by atoms with Crippen LogP contribution in [0.15, 0.2) is 22.7 Å². The molecule has 0 saturated carbocycles. The molecule has 0 bridgehead atoms. The highest BCUT2D eigenvalue weighted by atomic mass is 35.5. The second-order valence-corrected chi connectivity index (χ2v) is 13.0. The van der Waals surface area contributed by atoms with Crippen LogP contribution in [-0.4, -0.2) is 135 Å². The number of oxime groups is 1. The van der Waals surface area contributed by atoms with Crippen LogP contribution in [0.4, 0.5) is 9.93 Å². The molecular formula is C25H23ClN8O13S2. The number of nitrogens with two attached hydrogens (primary N) is 1. The number of hydrazine groups is 1. The third kappa shape index (κ3) is 6.37. The van der Waals surface area contributed by atoms with Gasteiger partial charge in [0.15, 0.2) is 22.3 Å². The summed E-state index contributed by atoms with van der Waals surface area (Å²) >= 11 is 7.47. The van der Waals surface area contributed by atoms with E-state index in [1.165, 1.54) is 5.38 Å². The fraction of sp³-hybridized carbons (Fsp3) is 0.320. The summed E-state index contributed by atoms with van der Waals surface area (Å²) in [5.41, 5.74) is 6.75. The summed E-state index contributed by atoms with van der Waals surface area (Å²) in [5, 5.41) is 54.3. The standard InChI is InChI=1S/C25H23ClN8O13S2/c26-13-8(1-2-10(35)16(13)38)17(39)30-34-4-3-33(24(34)46)25(22(44)45)7-32-19(41)15(20(32)49-25)29-18(40)14(9-6-48-23(27)28-9)31-47-11(21(42)43)5-12(36)37/h1-2,6,11,15,20,35,38H,3-5,7H2,(H2,27,28)(H,29,40)(H,30,39)(H,36,37)(H,42,43)(H,44,45)/b31-14-/t11-,15+,20+,25+/m0/s1. The lowest BCUT2D eigenvalue weighted by molar-refractivity contribution is -0.156. The van der Waals surface area contributed by atoms with Crippen molar-refractivity contribution in [3.63, 3.8) is 0 Å². The molecule has 0 aliphatic carbocycles. The number of carboxylic acids is 3. The molecule has 21 nitrogen and oxygen atoms in total. The summed E-state index contributed by atoms with van der Waals surface area (Å²) in [6.07, 6.45) is -3.00. The van der Waals surface area contributed by atoms with Gasteiger partial charge in [-0.05, 0) is 12.1 Å². The summed E-state index contributed by atoms with van der Waals surface area (Å²) in [5.74, 6) is -8.91. The van der Waals surface area contributed by atoms with E-state index in [2.05, 4.69) is 20.9 Å². The first-order valence-corrected chi connectivity index (χ1v) is 15.7. The highest BCUT2D eigenvalue weighted by Gasteiger charge is 2.66. The largest absolute Gasteiger partial charge is 0.504 e. The molecule has 1 aromatic carbocycles. The Morgan fingerprint density at radius 2 is 1.88 bits per heavy atom. The summed E-state index contributed by atoms with van der Waals surface area (Å²) in [6.45, 7) is -0.925. The van der Waals surface area contributed by atoms with Crippen LogP contribution in [-0.2, 0) is 28.8 Å². The van der Waals surface area contributed by atoms with Crippen molar-refractivity contribution < 1.29 is 63.9 Å². The molecule has 9 N–H and O–H groups in total. The van der Waals surface area contributed by atoms with Crippen LogP contribution in [0.25, 0.3) is 0 Å². The first-order valence-electron chi connectivity index (χ1n) is 13.6. The van der Waals surface area contributed by atoms with Crippen molar-refractivity contribution in [2.75, 3.05) is 25.4 Å². The monoisotopic (exact) mass is 742 g/mol. The Balaban J connectivity index is 1.31. The molecule has 3 saturated heterocycles. The maximum Gasteiger partial charge on any atom is 0.348 e. The lowest BCUT2D eigenvalue weighted by Gasteiger charge is -2.41. The van der Waals surface area contributed by atoms with E-state index in [1.807, 2.05) is 0 Å². The number of amides is 5. The van der Waals surface area contributed by atoms with Gasteiger partial charge < -0.3 is 46.3 Å². The maximum atomic E-state index is 13.4. The third-order valence-corrected chi connectivity index (χ3v) is 10.1. The lowest BCUT2D eigenvalue weighted by atomic mass is 10.1. The van der Waals surface area contributed by atoms with Crippen molar-refractivity contribution in [1.82, 2.24) is 30.5 Å². The number of aliphatic carboxylic acids is 3. The number of carbonyl (C=O) groups excluding carboxylic acids is 4. The number of aromatic nitrogens is 1. The zero-order valence-electron chi connectivity index (χ0n) is 24.3. The number of anilines is 1. The van der Waals surface area contributed by atoms with Gasteiger partial charge in [-0.2, -0.15) is 0 Å². The molecule has 260 valence electrons. The van der Waals surface area contributed by atoms with Gasteiger partial charge in [-0.15, -0.1) is 11.3 Å². The number of thioether (sulfide) groups is 1. The first-order chi connectivity index (χ1) is 23.0. The number of nitrogen functional groups attached to an aromatic ring is 1. The Morgan fingerprint density at radius 3 is 2.49 bits per heavy atom. The average Bonchev–Trinajstić information content (AvgIpc) is 3.74. The van der Waals surface area contributed by atoms with Crippen LogP contribution in [0.2, 0.25) is 5.02 Å². The van der Waals surface area contributed by atoms with E-state index in [1.54, 1.807) is 0 Å². The number of hydrogen-bond acceptors (Lipinski definition) is 15. The van der Waals surface area contributed by atoms with Gasteiger partial charge >= 0.3 is 23.9 Å². The molecule has 0 spiro atoms. The van der Waals surface area contributed by atoms with Crippen molar-refractivity contribution in [3.8, 4) is 11.5 Å². The van der Waals surface area contributed by atoms with Crippen LogP contribution in [0.5, 0.6) is 11.5 Å². The van der Waals surface area contributed by atoms with Gasteiger partial charge in [-0.3, -0.25) is 29.5 Å². The molecule has 49 heavy (non-hydrogen) atoms. The number of benzene rings is 1. The van der Waals surface area contributed by atoms with Gasteiger partial charge in [0.05, 0.1) is 30.1 Å². The van der Waals surface area contributed by atoms with Gasteiger partial charge in [0.2, 0.25) is 16.9 Å². The zero-order valence-corrected chi connectivity index (χ0v) is 26.7. The number of fused-ring (bicyclic) bond motifs is 1. The number of rotatable bonds is 12. The van der Waals surface area contributed by atoms with E-state index in [-0.39, 0.29) is 29.5 Å². The number of urea groups is 1. The highest BCUT2D eigenvalue weighted by molar-refractivity contribution is 8.02. The van der Waals surface area contributed by atoms with Gasteiger partial charge in [-0.25, -0.2) is 24.4 Å². The number of β-lactam (4-membered cyclic amide) rings is 1. The number of phenols is 2. The van der Waals surface area contributed by atoms with Crippen molar-refractivity contribution in [3.05, 3.63) is 33.8 Å². The molecule has 1 aromatic heterocycles. The second kappa shape index (κ2) is 13.2. The quantitative estimate of drug-likeness (QED) is 0.0542. The minimum atomic E-state index is -2.07. The van der Waals surface area contributed by atoms with E-state index in [0.29, 0.717) is 11.8 Å². The molecular weight excluding hydrogens is 720 g/mol. The van der Waals surface area contributed by atoms with E-state index in [9.17, 15) is 54.0 Å². The number of carbonyl (C=O) groups is 7. The van der Waals surface area contributed by atoms with Gasteiger partial charge in [0, 0.05) is 11.9 Å². The van der Waals surface area contributed by atoms with E-state index >= 15 is 0 Å². The smallest absolute Gasteiger partial charge is 0.348 e. The van der Waals surface area contributed by atoms with Crippen molar-refractivity contribution in [1.29, 1.82) is 0 Å². The van der Waals surface area contributed by atoms with E-state index < -0.39 is 99.3 Å². The van der Waals surface area contributed by atoms with Crippen LogP contribution >= 0.6 is 34.7 Å². The zero-order chi connectivity index (χ0) is 35.9. The molecule has 2 aromatic rings. The number of hydrogen-bond donors (Lipinski definition) is 8. The molecule has 0 radical (unpaired) electrons.